The lowest BCUT2D eigenvalue weighted by atomic mass is 10.2. The number of halogens is 1. The van der Waals surface area contributed by atoms with Crippen molar-refractivity contribution >= 4 is 22.5 Å². The highest BCUT2D eigenvalue weighted by molar-refractivity contribution is 6.34. The van der Waals surface area contributed by atoms with Gasteiger partial charge in [0.1, 0.15) is 5.15 Å². The van der Waals surface area contributed by atoms with E-state index in [1.807, 2.05) is 25.1 Å². The Bertz CT molecular complexity index is 462. The van der Waals surface area contributed by atoms with Crippen molar-refractivity contribution in [1.29, 1.82) is 0 Å². The lowest BCUT2D eigenvalue weighted by molar-refractivity contribution is 0.632. The number of nitrogens with two attached hydrogens (primary N) is 1. The monoisotopic (exact) mass is 209 g/mol. The molecule has 2 aromatic rings. The minimum absolute atomic E-state index is 0.548. The van der Waals surface area contributed by atoms with E-state index in [4.69, 9.17) is 17.3 Å². The zero-order valence-electron chi connectivity index (χ0n) is 8.00. The molecule has 3 nitrogen and oxygen atoms in total. The van der Waals surface area contributed by atoms with Gasteiger partial charge in [-0.25, -0.2) is 0 Å². The van der Waals surface area contributed by atoms with E-state index < -0.39 is 0 Å². The largest absolute Gasteiger partial charge is 0.329 e. The third-order valence-corrected chi connectivity index (χ3v) is 2.65. The second-order valence-corrected chi connectivity index (χ2v) is 3.63. The quantitative estimate of drug-likeness (QED) is 0.822. The van der Waals surface area contributed by atoms with E-state index in [-0.39, 0.29) is 0 Å². The van der Waals surface area contributed by atoms with Gasteiger partial charge in [0.05, 0.1) is 12.1 Å². The van der Waals surface area contributed by atoms with Crippen molar-refractivity contribution in [1.82, 2.24) is 9.78 Å². The number of hydrogen-bond donors (Lipinski definition) is 1. The maximum Gasteiger partial charge on any atom is 0.134 e. The van der Waals surface area contributed by atoms with Crippen LogP contribution in [0.3, 0.4) is 0 Å². The lowest BCUT2D eigenvalue weighted by Gasteiger charge is -1.97. The fraction of sp³-hybridized carbons (Fsp3) is 0.300. The summed E-state index contributed by atoms with van der Waals surface area (Å²) in [6.07, 6.45) is 0. The second-order valence-electron chi connectivity index (χ2n) is 3.27. The smallest absolute Gasteiger partial charge is 0.134 e. The van der Waals surface area contributed by atoms with Crippen LogP contribution in [0.5, 0.6) is 0 Å². The number of rotatable bonds is 2. The molecule has 0 atom stereocenters. The number of benzene rings is 1. The van der Waals surface area contributed by atoms with Gasteiger partial charge < -0.3 is 5.73 Å². The van der Waals surface area contributed by atoms with Crippen LogP contribution in [0.15, 0.2) is 18.2 Å². The molecule has 0 saturated carbocycles. The van der Waals surface area contributed by atoms with E-state index in [0.29, 0.717) is 18.2 Å². The molecule has 1 heterocycles. The van der Waals surface area contributed by atoms with Crippen LogP contribution in [0.1, 0.15) is 5.56 Å². The summed E-state index contributed by atoms with van der Waals surface area (Å²) in [5, 5.41) is 6.08. The highest BCUT2D eigenvalue weighted by Gasteiger charge is 2.09. The molecular weight excluding hydrogens is 198 g/mol. The molecule has 0 aliphatic carbocycles. The third kappa shape index (κ3) is 1.38. The molecule has 0 amide bonds. The normalized spacial score (nSPS) is 11.1. The Morgan fingerprint density at radius 3 is 2.93 bits per heavy atom. The molecule has 0 fully saturated rings. The van der Waals surface area contributed by atoms with Gasteiger partial charge in [0.25, 0.3) is 0 Å². The van der Waals surface area contributed by atoms with Crippen molar-refractivity contribution in [3.63, 3.8) is 0 Å². The van der Waals surface area contributed by atoms with Crippen molar-refractivity contribution in [2.75, 3.05) is 6.54 Å². The maximum absolute atomic E-state index is 6.15. The van der Waals surface area contributed by atoms with E-state index in [1.54, 1.807) is 4.68 Å². The summed E-state index contributed by atoms with van der Waals surface area (Å²) in [6.45, 7) is 3.23. The summed E-state index contributed by atoms with van der Waals surface area (Å²) >= 11 is 6.15. The molecular formula is C10H12ClN3. The highest BCUT2D eigenvalue weighted by Crippen LogP contribution is 2.24. The Balaban J connectivity index is 2.67. The van der Waals surface area contributed by atoms with E-state index in [2.05, 4.69) is 5.10 Å². The van der Waals surface area contributed by atoms with Crippen molar-refractivity contribution in [2.24, 2.45) is 5.73 Å². The fourth-order valence-corrected chi connectivity index (χ4v) is 1.81. The van der Waals surface area contributed by atoms with Crippen molar-refractivity contribution in [2.45, 2.75) is 13.5 Å². The van der Waals surface area contributed by atoms with Crippen LogP contribution in [-0.4, -0.2) is 16.3 Å². The summed E-state index contributed by atoms with van der Waals surface area (Å²) in [5.74, 6) is 0. The number of hydrogen-bond acceptors (Lipinski definition) is 2. The summed E-state index contributed by atoms with van der Waals surface area (Å²) in [6, 6.07) is 5.99. The van der Waals surface area contributed by atoms with Gasteiger partial charge in [0.2, 0.25) is 0 Å². The van der Waals surface area contributed by atoms with Crippen LogP contribution in [0.2, 0.25) is 5.15 Å². The van der Waals surface area contributed by atoms with Gasteiger partial charge in [-0.05, 0) is 18.6 Å². The minimum atomic E-state index is 0.548. The van der Waals surface area contributed by atoms with Gasteiger partial charge in [-0.1, -0.05) is 23.7 Å². The molecule has 0 aliphatic rings. The van der Waals surface area contributed by atoms with Crippen molar-refractivity contribution in [3.8, 4) is 0 Å². The van der Waals surface area contributed by atoms with Gasteiger partial charge in [0, 0.05) is 11.9 Å². The number of nitrogens with zero attached hydrogens (tertiary/aromatic N) is 2. The Morgan fingerprint density at radius 1 is 1.50 bits per heavy atom. The Kier molecular flexibility index (Phi) is 2.44. The van der Waals surface area contributed by atoms with E-state index in [1.165, 1.54) is 0 Å². The molecule has 0 saturated heterocycles. The third-order valence-electron chi connectivity index (χ3n) is 2.25. The van der Waals surface area contributed by atoms with E-state index in [0.717, 1.165) is 16.5 Å². The highest BCUT2D eigenvalue weighted by atomic mass is 35.5. The van der Waals surface area contributed by atoms with Crippen molar-refractivity contribution in [3.05, 3.63) is 28.9 Å². The molecule has 1 aromatic carbocycles. The Labute approximate surface area is 87.5 Å². The molecule has 14 heavy (non-hydrogen) atoms. The lowest BCUT2D eigenvalue weighted by Crippen LogP contribution is -2.10. The zero-order valence-corrected chi connectivity index (χ0v) is 8.75. The summed E-state index contributed by atoms with van der Waals surface area (Å²) < 4.78 is 1.75. The molecule has 0 radical (unpaired) electrons. The average molecular weight is 210 g/mol. The minimum Gasteiger partial charge on any atom is -0.329 e. The first kappa shape index (κ1) is 9.49. The number of aryl methyl sites for hydroxylation is 1. The van der Waals surface area contributed by atoms with Crippen LogP contribution in [-0.2, 0) is 6.54 Å². The Hall–Kier alpha value is -1.06. The summed E-state index contributed by atoms with van der Waals surface area (Å²) in [7, 11) is 0. The topological polar surface area (TPSA) is 43.8 Å². The predicted octanol–water partition coefficient (Wildman–Crippen LogP) is 1.96. The van der Waals surface area contributed by atoms with Gasteiger partial charge in [0.15, 0.2) is 0 Å². The summed E-state index contributed by atoms with van der Waals surface area (Å²) in [5.41, 5.74) is 7.57. The van der Waals surface area contributed by atoms with Crippen LogP contribution in [0.4, 0.5) is 0 Å². The molecule has 0 spiro atoms. The molecule has 0 bridgehead atoms. The van der Waals surface area contributed by atoms with Gasteiger partial charge in [-0.2, -0.15) is 5.10 Å². The standard InChI is InChI=1S/C10H12ClN3/c1-7-3-2-4-8-9(7)13-14(6-5-12)10(8)11/h2-4H,5-6,12H2,1H3. The predicted molar refractivity (Wildman–Crippen MR) is 58.5 cm³/mol. The Morgan fingerprint density at radius 2 is 2.29 bits per heavy atom. The van der Waals surface area contributed by atoms with Crippen LogP contribution >= 0.6 is 11.6 Å². The first-order chi connectivity index (χ1) is 6.74. The van der Waals surface area contributed by atoms with Crippen LogP contribution < -0.4 is 5.73 Å². The molecule has 2 N–H and O–H groups in total. The van der Waals surface area contributed by atoms with Gasteiger partial charge in [-0.3, -0.25) is 4.68 Å². The molecule has 0 unspecified atom stereocenters. The zero-order chi connectivity index (χ0) is 10.1. The second kappa shape index (κ2) is 3.59. The SMILES string of the molecule is Cc1cccc2c(Cl)n(CCN)nc12. The van der Waals surface area contributed by atoms with Crippen molar-refractivity contribution < 1.29 is 0 Å². The van der Waals surface area contributed by atoms with Crippen LogP contribution in [0, 0.1) is 6.92 Å². The fourth-order valence-electron chi connectivity index (χ4n) is 1.53. The molecule has 0 aliphatic heterocycles. The van der Waals surface area contributed by atoms with Crippen LogP contribution in [0.25, 0.3) is 10.9 Å². The molecule has 1 aromatic heterocycles. The van der Waals surface area contributed by atoms with E-state index >= 15 is 0 Å². The molecule has 74 valence electrons. The van der Waals surface area contributed by atoms with Gasteiger partial charge in [-0.15, -0.1) is 0 Å². The first-order valence-electron chi connectivity index (χ1n) is 4.55. The maximum atomic E-state index is 6.15. The summed E-state index contributed by atoms with van der Waals surface area (Å²) in [4.78, 5) is 0. The number of fused-ring (bicyclic) bond motifs is 1. The molecule has 4 heteroatoms. The molecule has 2 rings (SSSR count). The van der Waals surface area contributed by atoms with E-state index in [9.17, 15) is 0 Å². The average Bonchev–Trinajstić information content (AvgIpc) is 2.48. The van der Waals surface area contributed by atoms with Gasteiger partial charge >= 0.3 is 0 Å². The first-order valence-corrected chi connectivity index (χ1v) is 4.93. The number of aromatic nitrogens is 2.